The summed E-state index contributed by atoms with van der Waals surface area (Å²) in [7, 11) is 2.07. The highest BCUT2D eigenvalue weighted by Crippen LogP contribution is 2.04. The number of pyridine rings is 1. The summed E-state index contributed by atoms with van der Waals surface area (Å²) in [5, 5.41) is 0. The van der Waals surface area contributed by atoms with E-state index in [9.17, 15) is 0 Å². The van der Waals surface area contributed by atoms with Crippen LogP contribution in [0.4, 0.5) is 0 Å². The molecular weight excluding hydrogens is 178 g/mol. The SMILES string of the molecule is C[n+]1cccc(CCCCCS)c1. The molecule has 0 unspecified atom stereocenters. The molecule has 0 atom stereocenters. The van der Waals surface area contributed by atoms with Crippen LogP contribution in [-0.4, -0.2) is 5.75 Å². The van der Waals surface area contributed by atoms with Gasteiger partial charge < -0.3 is 0 Å². The monoisotopic (exact) mass is 196 g/mol. The molecule has 0 aliphatic carbocycles. The van der Waals surface area contributed by atoms with Crippen LogP contribution in [0.5, 0.6) is 0 Å². The number of hydrogen-bond acceptors (Lipinski definition) is 1. The van der Waals surface area contributed by atoms with Gasteiger partial charge in [0.1, 0.15) is 7.05 Å². The maximum atomic E-state index is 4.19. The van der Waals surface area contributed by atoms with Crippen molar-refractivity contribution in [1.29, 1.82) is 0 Å². The van der Waals surface area contributed by atoms with Crippen LogP contribution >= 0.6 is 12.6 Å². The van der Waals surface area contributed by atoms with Crippen molar-refractivity contribution in [2.45, 2.75) is 25.7 Å². The van der Waals surface area contributed by atoms with E-state index in [2.05, 4.69) is 48.8 Å². The minimum Gasteiger partial charge on any atom is -0.208 e. The van der Waals surface area contributed by atoms with Crippen molar-refractivity contribution in [1.82, 2.24) is 0 Å². The van der Waals surface area contributed by atoms with Gasteiger partial charge in [0.05, 0.1) is 0 Å². The maximum Gasteiger partial charge on any atom is 0.171 e. The van der Waals surface area contributed by atoms with Crippen molar-refractivity contribution < 1.29 is 4.57 Å². The Hall–Kier alpha value is -0.500. The first-order valence-corrected chi connectivity index (χ1v) is 5.51. The van der Waals surface area contributed by atoms with Crippen LogP contribution in [0.25, 0.3) is 0 Å². The Kier molecular flexibility index (Phi) is 4.91. The van der Waals surface area contributed by atoms with Crippen LogP contribution in [0, 0.1) is 0 Å². The molecule has 0 aliphatic heterocycles. The Morgan fingerprint density at radius 3 is 2.85 bits per heavy atom. The van der Waals surface area contributed by atoms with E-state index >= 15 is 0 Å². The molecule has 1 aromatic rings. The molecule has 2 heteroatoms. The molecule has 1 nitrogen and oxygen atoms in total. The van der Waals surface area contributed by atoms with Gasteiger partial charge in [0, 0.05) is 11.6 Å². The molecule has 0 fully saturated rings. The lowest BCUT2D eigenvalue weighted by Crippen LogP contribution is -2.26. The third kappa shape index (κ3) is 4.32. The highest BCUT2D eigenvalue weighted by atomic mass is 32.1. The van der Waals surface area contributed by atoms with Gasteiger partial charge in [0.25, 0.3) is 0 Å². The van der Waals surface area contributed by atoms with Crippen molar-refractivity contribution in [2.24, 2.45) is 7.05 Å². The first-order valence-electron chi connectivity index (χ1n) is 4.88. The van der Waals surface area contributed by atoms with Crippen LogP contribution < -0.4 is 4.57 Å². The smallest absolute Gasteiger partial charge is 0.171 e. The fourth-order valence-corrected chi connectivity index (χ4v) is 1.64. The second-order valence-electron chi connectivity index (χ2n) is 3.41. The first-order chi connectivity index (χ1) is 6.33. The Morgan fingerprint density at radius 2 is 2.15 bits per heavy atom. The van der Waals surface area contributed by atoms with Crippen molar-refractivity contribution in [2.75, 3.05) is 5.75 Å². The molecule has 1 aromatic heterocycles. The molecule has 1 rings (SSSR count). The molecular formula is C11H18NS+. The van der Waals surface area contributed by atoms with Crippen LogP contribution in [0.3, 0.4) is 0 Å². The lowest BCUT2D eigenvalue weighted by atomic mass is 10.1. The molecule has 0 bridgehead atoms. The molecule has 72 valence electrons. The zero-order chi connectivity index (χ0) is 9.52. The maximum absolute atomic E-state index is 4.19. The molecule has 0 radical (unpaired) electrons. The highest BCUT2D eigenvalue weighted by molar-refractivity contribution is 7.80. The molecule has 0 saturated carbocycles. The van der Waals surface area contributed by atoms with E-state index in [0.717, 1.165) is 5.75 Å². The summed E-state index contributed by atoms with van der Waals surface area (Å²) in [5.74, 6) is 1.02. The summed E-state index contributed by atoms with van der Waals surface area (Å²) >= 11 is 4.19. The van der Waals surface area contributed by atoms with E-state index in [4.69, 9.17) is 0 Å². The summed E-state index contributed by atoms with van der Waals surface area (Å²) in [6.07, 6.45) is 9.27. The molecule has 13 heavy (non-hydrogen) atoms. The van der Waals surface area contributed by atoms with Crippen LogP contribution in [0.2, 0.25) is 0 Å². The fraction of sp³-hybridized carbons (Fsp3) is 0.545. The van der Waals surface area contributed by atoms with E-state index in [1.807, 2.05) is 0 Å². The summed E-state index contributed by atoms with van der Waals surface area (Å²) in [5.41, 5.74) is 1.43. The second kappa shape index (κ2) is 6.03. The topological polar surface area (TPSA) is 3.88 Å². The van der Waals surface area contributed by atoms with Crippen molar-refractivity contribution >= 4 is 12.6 Å². The fourth-order valence-electron chi connectivity index (χ4n) is 1.42. The Bertz CT molecular complexity index is 248. The number of nitrogens with zero attached hydrogens (tertiary/aromatic N) is 1. The van der Waals surface area contributed by atoms with E-state index in [1.54, 1.807) is 0 Å². The Morgan fingerprint density at radius 1 is 1.31 bits per heavy atom. The predicted octanol–water partition coefficient (Wildman–Crippen LogP) is 2.15. The predicted molar refractivity (Wildman–Crippen MR) is 59.0 cm³/mol. The normalized spacial score (nSPS) is 10.3. The number of aryl methyl sites for hydroxylation is 2. The average Bonchev–Trinajstić information content (AvgIpc) is 2.13. The average molecular weight is 196 g/mol. The zero-order valence-electron chi connectivity index (χ0n) is 8.24. The molecule has 0 amide bonds. The van der Waals surface area contributed by atoms with Gasteiger partial charge in [-0.1, -0.05) is 6.42 Å². The molecule has 0 aliphatic rings. The van der Waals surface area contributed by atoms with Gasteiger partial charge in [0.2, 0.25) is 0 Å². The Balaban J connectivity index is 2.28. The molecule has 0 aromatic carbocycles. The standard InChI is InChI=1S/C11H17NS/c1-12-8-5-7-11(10-12)6-3-2-4-9-13/h5,7-8,10H,2-4,6,9H2,1H3/p+1. The third-order valence-corrected chi connectivity index (χ3v) is 2.44. The molecule has 0 saturated heterocycles. The number of thiol groups is 1. The van der Waals surface area contributed by atoms with Gasteiger partial charge >= 0.3 is 0 Å². The number of aromatic nitrogens is 1. The lowest BCUT2D eigenvalue weighted by Gasteiger charge is -1.98. The van der Waals surface area contributed by atoms with Gasteiger partial charge in [-0.25, -0.2) is 4.57 Å². The zero-order valence-corrected chi connectivity index (χ0v) is 9.13. The van der Waals surface area contributed by atoms with Gasteiger partial charge in [-0.2, -0.15) is 12.6 Å². The number of unbranched alkanes of at least 4 members (excludes halogenated alkanes) is 2. The van der Waals surface area contributed by atoms with Gasteiger partial charge in [-0.3, -0.25) is 0 Å². The minimum absolute atomic E-state index is 1.02. The quantitative estimate of drug-likeness (QED) is 0.418. The third-order valence-electron chi connectivity index (χ3n) is 2.12. The second-order valence-corrected chi connectivity index (χ2v) is 3.86. The summed E-state index contributed by atoms with van der Waals surface area (Å²) < 4.78 is 2.11. The summed E-state index contributed by atoms with van der Waals surface area (Å²) in [6, 6.07) is 4.30. The van der Waals surface area contributed by atoms with Gasteiger partial charge in [0.15, 0.2) is 12.4 Å². The van der Waals surface area contributed by atoms with Crippen LogP contribution in [0.1, 0.15) is 24.8 Å². The largest absolute Gasteiger partial charge is 0.208 e. The number of rotatable bonds is 5. The molecule has 0 spiro atoms. The lowest BCUT2D eigenvalue weighted by molar-refractivity contribution is -0.671. The van der Waals surface area contributed by atoms with Crippen molar-refractivity contribution in [3.63, 3.8) is 0 Å². The van der Waals surface area contributed by atoms with Gasteiger partial charge in [-0.15, -0.1) is 0 Å². The summed E-state index contributed by atoms with van der Waals surface area (Å²) in [6.45, 7) is 0. The summed E-state index contributed by atoms with van der Waals surface area (Å²) in [4.78, 5) is 0. The van der Waals surface area contributed by atoms with Crippen molar-refractivity contribution in [3.8, 4) is 0 Å². The van der Waals surface area contributed by atoms with Crippen molar-refractivity contribution in [3.05, 3.63) is 30.1 Å². The first kappa shape index (κ1) is 10.6. The minimum atomic E-state index is 1.02. The van der Waals surface area contributed by atoms with E-state index in [0.29, 0.717) is 0 Å². The van der Waals surface area contributed by atoms with E-state index in [-0.39, 0.29) is 0 Å². The van der Waals surface area contributed by atoms with Gasteiger partial charge in [-0.05, 0) is 31.1 Å². The van der Waals surface area contributed by atoms with E-state index in [1.165, 1.54) is 31.2 Å². The highest BCUT2D eigenvalue weighted by Gasteiger charge is 1.97. The molecule has 0 N–H and O–H groups in total. The van der Waals surface area contributed by atoms with E-state index < -0.39 is 0 Å². The Labute approximate surface area is 86.2 Å². The van der Waals surface area contributed by atoms with Crippen LogP contribution in [0.15, 0.2) is 24.5 Å². The number of hydrogen-bond donors (Lipinski definition) is 1. The van der Waals surface area contributed by atoms with Crippen LogP contribution in [-0.2, 0) is 13.5 Å². The molecule has 1 heterocycles.